The molecule has 2 fully saturated rings. The normalized spacial score (nSPS) is 25.6. The summed E-state index contributed by atoms with van der Waals surface area (Å²) in [4.78, 5) is 27.0. The number of piperidine rings is 1. The summed E-state index contributed by atoms with van der Waals surface area (Å²) in [5.74, 6) is 0.915. The molecule has 1 aliphatic carbocycles. The molecule has 1 aliphatic heterocycles. The molecule has 0 aromatic rings. The molecule has 0 aromatic heterocycles. The van der Waals surface area contributed by atoms with Crippen LogP contribution in [-0.4, -0.2) is 29.7 Å². The van der Waals surface area contributed by atoms with E-state index in [2.05, 4.69) is 0 Å². The maximum atomic E-state index is 12.6. The largest absolute Gasteiger partial charge is 0.342 e. The van der Waals surface area contributed by atoms with Crippen molar-refractivity contribution in [2.75, 3.05) is 13.1 Å². The zero-order valence-corrected chi connectivity index (χ0v) is 13.3. The molecule has 2 rings (SSSR count). The number of rotatable bonds is 2. The van der Waals surface area contributed by atoms with Crippen LogP contribution in [0.3, 0.4) is 0 Å². The van der Waals surface area contributed by atoms with Crippen molar-refractivity contribution >= 4 is 11.7 Å². The van der Waals surface area contributed by atoms with E-state index >= 15 is 0 Å². The second-order valence-electron chi connectivity index (χ2n) is 7.57. The molecule has 0 unspecified atom stereocenters. The van der Waals surface area contributed by atoms with Gasteiger partial charge in [-0.3, -0.25) is 9.59 Å². The maximum Gasteiger partial charge on any atom is 0.225 e. The standard InChI is InChI=1S/C17H29NO2/c1-17(2,3)15(19)14-10-7-11-18(12-14)16(20)13-8-5-4-6-9-13/h13-14H,4-12H2,1-3H3/t14-/m0/s1. The highest BCUT2D eigenvalue weighted by molar-refractivity contribution is 5.87. The molecule has 3 heteroatoms. The highest BCUT2D eigenvalue weighted by Crippen LogP contribution is 2.30. The van der Waals surface area contributed by atoms with E-state index in [9.17, 15) is 9.59 Å². The molecule has 0 radical (unpaired) electrons. The number of ketones is 1. The van der Waals surface area contributed by atoms with Crippen LogP contribution in [0.2, 0.25) is 0 Å². The fourth-order valence-corrected chi connectivity index (χ4v) is 3.61. The lowest BCUT2D eigenvalue weighted by atomic mass is 9.79. The molecule has 0 aromatic carbocycles. The monoisotopic (exact) mass is 279 g/mol. The molecule has 20 heavy (non-hydrogen) atoms. The first kappa shape index (κ1) is 15.5. The van der Waals surface area contributed by atoms with Gasteiger partial charge in [-0.2, -0.15) is 0 Å². The Morgan fingerprint density at radius 3 is 2.10 bits per heavy atom. The molecule has 2 aliphatic rings. The Hall–Kier alpha value is -0.860. The minimum atomic E-state index is -0.290. The number of carbonyl (C=O) groups excluding carboxylic acids is 2. The second-order valence-corrected chi connectivity index (χ2v) is 7.57. The van der Waals surface area contributed by atoms with Gasteiger partial charge in [0.15, 0.2) is 0 Å². The maximum absolute atomic E-state index is 12.6. The van der Waals surface area contributed by atoms with E-state index in [-0.39, 0.29) is 17.3 Å². The Morgan fingerprint density at radius 2 is 1.50 bits per heavy atom. The summed E-state index contributed by atoms with van der Waals surface area (Å²) in [5, 5.41) is 0. The lowest BCUT2D eigenvalue weighted by molar-refractivity contribution is -0.141. The molecule has 3 nitrogen and oxygen atoms in total. The molecule has 1 heterocycles. The van der Waals surface area contributed by atoms with Gasteiger partial charge in [-0.25, -0.2) is 0 Å². The highest BCUT2D eigenvalue weighted by Gasteiger charge is 2.35. The third kappa shape index (κ3) is 3.62. The molecule has 1 saturated carbocycles. The van der Waals surface area contributed by atoms with Crippen LogP contribution in [0.15, 0.2) is 0 Å². The molecule has 0 N–H and O–H groups in total. The molecule has 0 spiro atoms. The first-order valence-electron chi connectivity index (χ1n) is 8.22. The number of hydrogen-bond donors (Lipinski definition) is 0. The Kier molecular flexibility index (Phi) is 4.87. The predicted octanol–water partition coefficient (Wildman–Crippen LogP) is 3.42. The van der Waals surface area contributed by atoms with Crippen LogP contribution < -0.4 is 0 Å². The average Bonchev–Trinajstić information content (AvgIpc) is 2.46. The van der Waals surface area contributed by atoms with Gasteiger partial charge in [-0.05, 0) is 25.7 Å². The number of hydrogen-bond acceptors (Lipinski definition) is 2. The van der Waals surface area contributed by atoms with Gasteiger partial charge >= 0.3 is 0 Å². The summed E-state index contributed by atoms with van der Waals surface area (Å²) in [6.45, 7) is 7.46. The van der Waals surface area contributed by atoms with Gasteiger partial charge in [0.2, 0.25) is 5.91 Å². The number of Topliss-reactive ketones (excluding diaryl/α,β-unsaturated/α-hetero) is 1. The van der Waals surface area contributed by atoms with Crippen molar-refractivity contribution in [3.05, 3.63) is 0 Å². The first-order chi connectivity index (χ1) is 9.39. The quantitative estimate of drug-likeness (QED) is 0.776. The van der Waals surface area contributed by atoms with Gasteiger partial charge in [0.1, 0.15) is 5.78 Å². The molecule has 1 atom stereocenters. The number of amides is 1. The zero-order valence-electron chi connectivity index (χ0n) is 13.3. The van der Waals surface area contributed by atoms with Crippen molar-refractivity contribution in [2.24, 2.45) is 17.3 Å². The van der Waals surface area contributed by atoms with Gasteiger partial charge in [-0.15, -0.1) is 0 Å². The fourth-order valence-electron chi connectivity index (χ4n) is 3.61. The molecular weight excluding hydrogens is 250 g/mol. The fraction of sp³-hybridized carbons (Fsp3) is 0.882. The lowest BCUT2D eigenvalue weighted by Crippen LogP contribution is -2.47. The van der Waals surface area contributed by atoms with E-state index < -0.39 is 0 Å². The van der Waals surface area contributed by atoms with Crippen LogP contribution in [0.5, 0.6) is 0 Å². The van der Waals surface area contributed by atoms with Crippen molar-refractivity contribution in [3.8, 4) is 0 Å². The summed E-state index contributed by atoms with van der Waals surface area (Å²) in [6, 6.07) is 0. The van der Waals surface area contributed by atoms with Crippen molar-refractivity contribution in [3.63, 3.8) is 0 Å². The van der Waals surface area contributed by atoms with Gasteiger partial charge < -0.3 is 4.90 Å². The Balaban J connectivity index is 1.96. The van der Waals surface area contributed by atoms with E-state index in [0.717, 1.165) is 32.2 Å². The van der Waals surface area contributed by atoms with Crippen molar-refractivity contribution in [1.29, 1.82) is 0 Å². The third-order valence-electron chi connectivity index (χ3n) is 4.80. The summed E-state index contributed by atoms with van der Waals surface area (Å²) < 4.78 is 0. The molecule has 1 saturated heterocycles. The Labute approximate surface area is 123 Å². The minimum absolute atomic E-state index is 0.0521. The molecular formula is C17H29NO2. The van der Waals surface area contributed by atoms with Crippen LogP contribution in [-0.2, 0) is 9.59 Å². The highest BCUT2D eigenvalue weighted by atomic mass is 16.2. The number of carbonyl (C=O) groups is 2. The van der Waals surface area contributed by atoms with E-state index in [1.807, 2.05) is 25.7 Å². The van der Waals surface area contributed by atoms with Gasteiger partial charge in [-0.1, -0.05) is 40.0 Å². The predicted molar refractivity (Wildman–Crippen MR) is 80.3 cm³/mol. The Morgan fingerprint density at radius 1 is 0.900 bits per heavy atom. The second kappa shape index (κ2) is 6.28. The van der Waals surface area contributed by atoms with Crippen molar-refractivity contribution in [1.82, 2.24) is 4.90 Å². The van der Waals surface area contributed by atoms with E-state index in [0.29, 0.717) is 18.2 Å². The topological polar surface area (TPSA) is 37.4 Å². The number of likely N-dealkylation sites (tertiary alicyclic amines) is 1. The van der Waals surface area contributed by atoms with E-state index in [1.165, 1.54) is 19.3 Å². The van der Waals surface area contributed by atoms with Gasteiger partial charge in [0.25, 0.3) is 0 Å². The van der Waals surface area contributed by atoms with Crippen molar-refractivity contribution < 1.29 is 9.59 Å². The van der Waals surface area contributed by atoms with E-state index in [4.69, 9.17) is 0 Å². The van der Waals surface area contributed by atoms with Gasteiger partial charge in [0.05, 0.1) is 0 Å². The van der Waals surface area contributed by atoms with Crippen LogP contribution in [0.25, 0.3) is 0 Å². The molecule has 114 valence electrons. The summed E-state index contributed by atoms with van der Waals surface area (Å²) in [7, 11) is 0. The summed E-state index contributed by atoms with van der Waals surface area (Å²) in [6.07, 6.45) is 7.67. The third-order valence-corrected chi connectivity index (χ3v) is 4.80. The average molecular weight is 279 g/mol. The first-order valence-corrected chi connectivity index (χ1v) is 8.22. The molecule has 0 bridgehead atoms. The Bertz CT molecular complexity index is 364. The van der Waals surface area contributed by atoms with Crippen LogP contribution >= 0.6 is 0 Å². The minimum Gasteiger partial charge on any atom is -0.342 e. The van der Waals surface area contributed by atoms with Crippen LogP contribution in [0, 0.1) is 17.3 Å². The smallest absolute Gasteiger partial charge is 0.225 e. The van der Waals surface area contributed by atoms with Crippen LogP contribution in [0.4, 0.5) is 0 Å². The van der Waals surface area contributed by atoms with Crippen LogP contribution in [0.1, 0.15) is 65.7 Å². The molecule has 1 amide bonds. The van der Waals surface area contributed by atoms with E-state index in [1.54, 1.807) is 0 Å². The summed E-state index contributed by atoms with van der Waals surface area (Å²) >= 11 is 0. The number of nitrogens with zero attached hydrogens (tertiary/aromatic N) is 1. The van der Waals surface area contributed by atoms with Gasteiger partial charge in [0, 0.05) is 30.3 Å². The van der Waals surface area contributed by atoms with Crippen molar-refractivity contribution in [2.45, 2.75) is 65.7 Å². The SMILES string of the molecule is CC(C)(C)C(=O)[C@H]1CCCN(C(=O)C2CCCCC2)C1. The lowest BCUT2D eigenvalue weighted by Gasteiger charge is -2.37. The summed E-state index contributed by atoms with van der Waals surface area (Å²) in [5.41, 5.74) is -0.290. The zero-order chi connectivity index (χ0) is 14.8.